The summed E-state index contributed by atoms with van der Waals surface area (Å²) < 4.78 is 1.66. The molecule has 108 valence electrons. The van der Waals surface area contributed by atoms with Gasteiger partial charge in [-0.25, -0.2) is 4.98 Å². The molecule has 0 radical (unpaired) electrons. The van der Waals surface area contributed by atoms with Gasteiger partial charge in [-0.3, -0.25) is 4.79 Å². The standard InChI is InChI=1S/C12H14N2O4S2/c15-5-8(16)4-13-7-1-2-9-10(3-7)20-12(14-9)19-6-11(17)18/h1-3,8,13,15-16H,4-6H2,(H,17,18). The Kier molecular flexibility index (Phi) is 5.18. The molecule has 0 bridgehead atoms. The van der Waals surface area contributed by atoms with Crippen LogP contribution in [0.5, 0.6) is 0 Å². The molecule has 1 atom stereocenters. The molecule has 1 unspecified atom stereocenters. The maximum Gasteiger partial charge on any atom is 0.313 e. The summed E-state index contributed by atoms with van der Waals surface area (Å²) in [6.45, 7) is -0.0206. The highest BCUT2D eigenvalue weighted by Gasteiger charge is 2.08. The molecule has 1 aromatic heterocycles. The van der Waals surface area contributed by atoms with Gasteiger partial charge in [0, 0.05) is 12.2 Å². The predicted octanol–water partition coefficient (Wildman–Crippen LogP) is 1.24. The van der Waals surface area contributed by atoms with Crippen molar-refractivity contribution in [3.8, 4) is 0 Å². The number of thioether (sulfide) groups is 1. The number of hydrogen-bond acceptors (Lipinski definition) is 7. The lowest BCUT2D eigenvalue weighted by atomic mass is 10.3. The average molecular weight is 314 g/mol. The number of aliphatic carboxylic acids is 1. The first-order chi connectivity index (χ1) is 9.58. The zero-order chi connectivity index (χ0) is 14.5. The zero-order valence-electron chi connectivity index (χ0n) is 10.4. The predicted molar refractivity (Wildman–Crippen MR) is 79.6 cm³/mol. The summed E-state index contributed by atoms with van der Waals surface area (Å²) in [4.78, 5) is 14.9. The monoisotopic (exact) mass is 314 g/mol. The number of carboxylic acid groups (broad SMARTS) is 1. The Morgan fingerprint density at radius 3 is 3.00 bits per heavy atom. The first-order valence-corrected chi connectivity index (χ1v) is 7.66. The highest BCUT2D eigenvalue weighted by molar-refractivity contribution is 8.01. The fourth-order valence-electron chi connectivity index (χ4n) is 1.50. The van der Waals surface area contributed by atoms with Crippen LogP contribution in [0.2, 0.25) is 0 Å². The molecule has 6 nitrogen and oxygen atoms in total. The van der Waals surface area contributed by atoms with Crippen molar-refractivity contribution >= 4 is 45.0 Å². The van der Waals surface area contributed by atoms with Gasteiger partial charge < -0.3 is 20.6 Å². The summed E-state index contributed by atoms with van der Waals surface area (Å²) in [5.74, 6) is -0.872. The van der Waals surface area contributed by atoms with Gasteiger partial charge in [0.2, 0.25) is 0 Å². The van der Waals surface area contributed by atoms with Crippen LogP contribution in [-0.2, 0) is 4.79 Å². The number of aromatic nitrogens is 1. The van der Waals surface area contributed by atoms with E-state index in [-0.39, 0.29) is 18.9 Å². The van der Waals surface area contributed by atoms with Crippen LogP contribution >= 0.6 is 23.1 Å². The van der Waals surface area contributed by atoms with Crippen LogP contribution < -0.4 is 5.32 Å². The number of nitrogens with one attached hydrogen (secondary N) is 1. The zero-order valence-corrected chi connectivity index (χ0v) is 12.1. The minimum atomic E-state index is -0.866. The molecule has 1 heterocycles. The minimum Gasteiger partial charge on any atom is -0.481 e. The lowest BCUT2D eigenvalue weighted by Crippen LogP contribution is -2.22. The molecule has 8 heteroatoms. The van der Waals surface area contributed by atoms with Gasteiger partial charge in [-0.1, -0.05) is 11.8 Å². The summed E-state index contributed by atoms with van der Waals surface area (Å²) in [5, 5.41) is 29.7. The number of nitrogens with zero attached hydrogens (tertiary/aromatic N) is 1. The van der Waals surface area contributed by atoms with Crippen molar-refractivity contribution in [2.45, 2.75) is 10.4 Å². The van der Waals surface area contributed by atoms with E-state index in [0.29, 0.717) is 0 Å². The fourth-order valence-corrected chi connectivity index (χ4v) is 3.33. The van der Waals surface area contributed by atoms with Gasteiger partial charge in [0.1, 0.15) is 0 Å². The lowest BCUT2D eigenvalue weighted by molar-refractivity contribution is -0.133. The molecule has 0 aliphatic rings. The molecular formula is C12H14N2O4S2. The molecule has 1 aromatic carbocycles. The number of carboxylic acids is 1. The summed E-state index contributed by atoms with van der Waals surface area (Å²) >= 11 is 2.63. The number of carbonyl (C=O) groups is 1. The number of rotatable bonds is 7. The highest BCUT2D eigenvalue weighted by atomic mass is 32.2. The average Bonchev–Trinajstić information content (AvgIpc) is 2.84. The Hall–Kier alpha value is -1.35. The van der Waals surface area contributed by atoms with Crippen LogP contribution in [0, 0.1) is 0 Å². The van der Waals surface area contributed by atoms with Crippen LogP contribution in [0.25, 0.3) is 10.2 Å². The molecule has 0 amide bonds. The maximum absolute atomic E-state index is 10.5. The maximum atomic E-state index is 10.5. The minimum absolute atomic E-state index is 0.00633. The second-order valence-electron chi connectivity index (χ2n) is 4.06. The van der Waals surface area contributed by atoms with Crippen LogP contribution in [-0.4, -0.2) is 51.3 Å². The van der Waals surface area contributed by atoms with Gasteiger partial charge in [0.25, 0.3) is 0 Å². The van der Waals surface area contributed by atoms with Crippen molar-refractivity contribution in [1.82, 2.24) is 4.98 Å². The molecule has 0 spiro atoms. The largest absolute Gasteiger partial charge is 0.481 e. The molecule has 4 N–H and O–H groups in total. The Morgan fingerprint density at radius 1 is 1.50 bits per heavy atom. The third kappa shape index (κ3) is 4.07. The van der Waals surface area contributed by atoms with Gasteiger partial charge in [0.15, 0.2) is 4.34 Å². The van der Waals surface area contributed by atoms with E-state index in [2.05, 4.69) is 10.3 Å². The smallest absolute Gasteiger partial charge is 0.313 e. The Balaban J connectivity index is 2.07. The topological polar surface area (TPSA) is 103 Å². The number of anilines is 1. The number of benzene rings is 1. The molecule has 0 saturated carbocycles. The van der Waals surface area contributed by atoms with Gasteiger partial charge in [0.05, 0.1) is 28.7 Å². The molecule has 0 saturated heterocycles. The van der Waals surface area contributed by atoms with Crippen LogP contribution in [0.3, 0.4) is 0 Å². The van der Waals surface area contributed by atoms with E-state index in [4.69, 9.17) is 10.2 Å². The molecule has 0 fully saturated rings. The van der Waals surface area contributed by atoms with Crippen molar-refractivity contribution in [3.05, 3.63) is 18.2 Å². The van der Waals surface area contributed by atoms with E-state index in [1.807, 2.05) is 18.2 Å². The van der Waals surface area contributed by atoms with E-state index in [1.165, 1.54) is 23.1 Å². The second kappa shape index (κ2) is 6.89. The van der Waals surface area contributed by atoms with Crippen LogP contribution in [0.15, 0.2) is 22.5 Å². The van der Waals surface area contributed by atoms with Crippen molar-refractivity contribution in [3.63, 3.8) is 0 Å². The lowest BCUT2D eigenvalue weighted by Gasteiger charge is -2.09. The van der Waals surface area contributed by atoms with Gasteiger partial charge in [-0.05, 0) is 18.2 Å². The Morgan fingerprint density at radius 2 is 2.30 bits per heavy atom. The quantitative estimate of drug-likeness (QED) is 0.570. The van der Waals surface area contributed by atoms with Crippen molar-refractivity contribution in [2.24, 2.45) is 0 Å². The first-order valence-electron chi connectivity index (χ1n) is 5.86. The van der Waals surface area contributed by atoms with Crippen molar-refractivity contribution < 1.29 is 20.1 Å². The van der Waals surface area contributed by atoms with E-state index in [9.17, 15) is 9.90 Å². The van der Waals surface area contributed by atoms with Gasteiger partial charge >= 0.3 is 5.97 Å². The second-order valence-corrected chi connectivity index (χ2v) is 6.32. The fraction of sp³-hybridized carbons (Fsp3) is 0.333. The summed E-state index contributed by atoms with van der Waals surface area (Å²) in [6.07, 6.45) is -0.797. The third-order valence-corrected chi connectivity index (χ3v) is 4.59. The molecule has 0 aliphatic carbocycles. The van der Waals surface area contributed by atoms with Crippen LogP contribution in [0.4, 0.5) is 5.69 Å². The third-order valence-electron chi connectivity index (χ3n) is 2.44. The molecule has 20 heavy (non-hydrogen) atoms. The SMILES string of the molecule is O=C(O)CSc1nc2ccc(NCC(O)CO)cc2s1. The molecular weight excluding hydrogens is 300 g/mol. The Bertz CT molecular complexity index is 602. The van der Waals surface area contributed by atoms with E-state index < -0.39 is 12.1 Å². The molecule has 0 aliphatic heterocycles. The van der Waals surface area contributed by atoms with Crippen molar-refractivity contribution in [2.75, 3.05) is 24.2 Å². The summed E-state index contributed by atoms with van der Waals surface area (Å²) in [7, 11) is 0. The normalized spacial score (nSPS) is 12.5. The highest BCUT2D eigenvalue weighted by Crippen LogP contribution is 2.31. The molecule has 2 aromatic rings. The van der Waals surface area contributed by atoms with E-state index >= 15 is 0 Å². The van der Waals surface area contributed by atoms with Crippen molar-refractivity contribution in [1.29, 1.82) is 0 Å². The number of aliphatic hydroxyl groups is 2. The van der Waals surface area contributed by atoms with E-state index in [1.54, 1.807) is 0 Å². The summed E-state index contributed by atoms with van der Waals surface area (Å²) in [6, 6.07) is 5.56. The number of hydrogen-bond donors (Lipinski definition) is 4. The summed E-state index contributed by atoms with van der Waals surface area (Å²) in [5.41, 5.74) is 1.64. The Labute approximate surface area is 123 Å². The number of aliphatic hydroxyl groups excluding tert-OH is 2. The van der Waals surface area contributed by atoms with E-state index in [0.717, 1.165) is 20.2 Å². The number of thiazole rings is 1. The van der Waals surface area contributed by atoms with Gasteiger partial charge in [-0.2, -0.15) is 0 Å². The van der Waals surface area contributed by atoms with Crippen LogP contribution in [0.1, 0.15) is 0 Å². The van der Waals surface area contributed by atoms with Gasteiger partial charge in [-0.15, -0.1) is 11.3 Å². The molecule has 2 rings (SSSR count). The first kappa shape index (κ1) is 15.0. The number of fused-ring (bicyclic) bond motifs is 1.